The standard InChI is InChI=1S/C23H31N3O5S/c1-16-10-11-18(31-16)21(23(29)25-17-7-4-3-5-8-17)26(12-13-30-2)20(27)15-24-22(28)19-9-6-14-32-19/h6,9-11,14,17,21H,3-5,7-8,12-13,15H2,1-2H3,(H,24,28)(H,25,29). The maximum atomic E-state index is 13.4. The highest BCUT2D eigenvalue weighted by molar-refractivity contribution is 7.12. The molecule has 9 heteroatoms. The van der Waals surface area contributed by atoms with Gasteiger partial charge < -0.3 is 24.7 Å². The number of hydrogen-bond acceptors (Lipinski definition) is 6. The number of nitrogens with zero attached hydrogens (tertiary/aromatic N) is 1. The fourth-order valence-electron chi connectivity index (χ4n) is 3.89. The predicted octanol–water partition coefficient (Wildman–Crippen LogP) is 3.04. The van der Waals surface area contributed by atoms with Gasteiger partial charge in [0.05, 0.1) is 18.0 Å². The van der Waals surface area contributed by atoms with E-state index in [0.29, 0.717) is 16.4 Å². The summed E-state index contributed by atoms with van der Waals surface area (Å²) in [6.45, 7) is 2.00. The van der Waals surface area contributed by atoms with E-state index in [-0.39, 0.29) is 43.5 Å². The zero-order chi connectivity index (χ0) is 22.9. The Morgan fingerprint density at radius 2 is 2.00 bits per heavy atom. The van der Waals surface area contributed by atoms with E-state index < -0.39 is 6.04 Å². The molecule has 0 aliphatic heterocycles. The van der Waals surface area contributed by atoms with Crippen LogP contribution in [-0.2, 0) is 14.3 Å². The second-order valence-corrected chi connectivity index (χ2v) is 8.88. The van der Waals surface area contributed by atoms with Gasteiger partial charge in [0, 0.05) is 19.7 Å². The molecule has 1 unspecified atom stereocenters. The first-order valence-electron chi connectivity index (χ1n) is 11.0. The smallest absolute Gasteiger partial charge is 0.261 e. The lowest BCUT2D eigenvalue weighted by Crippen LogP contribution is -2.50. The molecule has 0 saturated heterocycles. The average Bonchev–Trinajstić information content (AvgIpc) is 3.47. The summed E-state index contributed by atoms with van der Waals surface area (Å²) in [5, 5.41) is 7.56. The van der Waals surface area contributed by atoms with Crippen LogP contribution in [0, 0.1) is 6.92 Å². The Morgan fingerprint density at radius 1 is 1.22 bits per heavy atom. The summed E-state index contributed by atoms with van der Waals surface area (Å²) >= 11 is 1.30. The number of aryl methyl sites for hydroxylation is 1. The zero-order valence-corrected chi connectivity index (χ0v) is 19.4. The summed E-state index contributed by atoms with van der Waals surface area (Å²) in [5.41, 5.74) is 0. The summed E-state index contributed by atoms with van der Waals surface area (Å²) in [5.74, 6) is 0.0626. The van der Waals surface area contributed by atoms with E-state index in [1.165, 1.54) is 29.8 Å². The van der Waals surface area contributed by atoms with Crippen molar-refractivity contribution in [1.82, 2.24) is 15.5 Å². The van der Waals surface area contributed by atoms with Gasteiger partial charge in [-0.15, -0.1) is 11.3 Å². The molecule has 2 aromatic heterocycles. The topological polar surface area (TPSA) is 101 Å². The lowest BCUT2D eigenvalue weighted by Gasteiger charge is -2.32. The van der Waals surface area contributed by atoms with Crippen molar-refractivity contribution in [3.8, 4) is 0 Å². The molecule has 0 bridgehead atoms. The monoisotopic (exact) mass is 461 g/mol. The molecule has 32 heavy (non-hydrogen) atoms. The van der Waals surface area contributed by atoms with Crippen LogP contribution in [0.3, 0.4) is 0 Å². The first-order chi connectivity index (χ1) is 15.5. The molecule has 2 N–H and O–H groups in total. The molecule has 8 nitrogen and oxygen atoms in total. The van der Waals surface area contributed by atoms with Crippen molar-refractivity contribution in [3.05, 3.63) is 46.0 Å². The first kappa shape index (κ1) is 24.0. The molecule has 1 aliphatic rings. The molecule has 0 spiro atoms. The van der Waals surface area contributed by atoms with Crippen LogP contribution in [0.2, 0.25) is 0 Å². The highest BCUT2D eigenvalue weighted by Gasteiger charge is 2.35. The van der Waals surface area contributed by atoms with Crippen LogP contribution >= 0.6 is 11.3 Å². The van der Waals surface area contributed by atoms with E-state index >= 15 is 0 Å². The Hall–Kier alpha value is -2.65. The van der Waals surface area contributed by atoms with Crippen molar-refractivity contribution in [1.29, 1.82) is 0 Å². The molecule has 3 rings (SSSR count). The van der Waals surface area contributed by atoms with Crippen molar-refractivity contribution in [2.75, 3.05) is 26.8 Å². The molecule has 0 aromatic carbocycles. The summed E-state index contributed by atoms with van der Waals surface area (Å²) in [7, 11) is 1.54. The van der Waals surface area contributed by atoms with E-state index in [2.05, 4.69) is 10.6 Å². The van der Waals surface area contributed by atoms with Gasteiger partial charge in [-0.3, -0.25) is 14.4 Å². The molecule has 3 amide bonds. The van der Waals surface area contributed by atoms with Gasteiger partial charge in [0.1, 0.15) is 11.5 Å². The predicted molar refractivity (Wildman–Crippen MR) is 121 cm³/mol. The van der Waals surface area contributed by atoms with Gasteiger partial charge >= 0.3 is 0 Å². The van der Waals surface area contributed by atoms with Crippen molar-refractivity contribution >= 4 is 29.1 Å². The molecule has 174 valence electrons. The van der Waals surface area contributed by atoms with Crippen molar-refractivity contribution < 1.29 is 23.5 Å². The molecule has 1 saturated carbocycles. The highest BCUT2D eigenvalue weighted by Crippen LogP contribution is 2.25. The summed E-state index contributed by atoms with van der Waals surface area (Å²) < 4.78 is 11.0. The number of thiophene rings is 1. The molecular weight excluding hydrogens is 430 g/mol. The molecule has 2 aromatic rings. The van der Waals surface area contributed by atoms with Crippen molar-refractivity contribution in [2.45, 2.75) is 51.1 Å². The zero-order valence-electron chi connectivity index (χ0n) is 18.6. The maximum absolute atomic E-state index is 13.4. The minimum absolute atomic E-state index is 0.0905. The average molecular weight is 462 g/mol. The maximum Gasteiger partial charge on any atom is 0.261 e. The fraction of sp³-hybridized carbons (Fsp3) is 0.522. The van der Waals surface area contributed by atoms with E-state index in [9.17, 15) is 14.4 Å². The van der Waals surface area contributed by atoms with Gasteiger partial charge in [-0.2, -0.15) is 0 Å². The lowest BCUT2D eigenvalue weighted by molar-refractivity contribution is -0.142. The number of carbonyl (C=O) groups is 3. The van der Waals surface area contributed by atoms with Gasteiger partial charge in [-0.25, -0.2) is 0 Å². The third-order valence-corrected chi connectivity index (χ3v) is 6.41. The van der Waals surface area contributed by atoms with Crippen LogP contribution in [0.4, 0.5) is 0 Å². The molecular formula is C23H31N3O5S. The van der Waals surface area contributed by atoms with Crippen LogP contribution in [0.1, 0.15) is 59.3 Å². The number of hydrogen-bond donors (Lipinski definition) is 2. The molecule has 1 fully saturated rings. The van der Waals surface area contributed by atoms with Crippen LogP contribution in [0.15, 0.2) is 34.1 Å². The molecule has 2 heterocycles. The summed E-state index contributed by atoms with van der Waals surface area (Å²) in [6.07, 6.45) is 5.19. The van der Waals surface area contributed by atoms with Gasteiger partial charge in [0.15, 0.2) is 6.04 Å². The lowest BCUT2D eigenvalue weighted by atomic mass is 9.95. The second kappa shape index (κ2) is 11.8. The number of methoxy groups -OCH3 is 1. The van der Waals surface area contributed by atoms with E-state index in [1.807, 2.05) is 0 Å². The second-order valence-electron chi connectivity index (χ2n) is 7.93. The number of ether oxygens (including phenoxy) is 1. The Bertz CT molecular complexity index is 889. The molecule has 1 aliphatic carbocycles. The highest BCUT2D eigenvalue weighted by atomic mass is 32.1. The Labute approximate surface area is 192 Å². The van der Waals surface area contributed by atoms with Gasteiger partial charge in [-0.1, -0.05) is 25.3 Å². The summed E-state index contributed by atoms with van der Waals surface area (Å²) in [4.78, 5) is 40.8. The number of nitrogens with one attached hydrogen (secondary N) is 2. The minimum Gasteiger partial charge on any atom is -0.464 e. The van der Waals surface area contributed by atoms with Crippen LogP contribution in [-0.4, -0.2) is 55.5 Å². The Morgan fingerprint density at radius 3 is 2.62 bits per heavy atom. The Kier molecular flexibility index (Phi) is 8.87. The van der Waals surface area contributed by atoms with E-state index in [0.717, 1.165) is 25.7 Å². The normalized spacial score (nSPS) is 15.2. The first-order valence-corrected chi connectivity index (χ1v) is 11.8. The number of carbonyl (C=O) groups excluding carboxylic acids is 3. The van der Waals surface area contributed by atoms with Gasteiger partial charge in [0.2, 0.25) is 5.91 Å². The SMILES string of the molecule is COCCN(C(=O)CNC(=O)c1cccs1)C(C(=O)NC1CCCCC1)c1ccc(C)o1. The third-order valence-electron chi connectivity index (χ3n) is 5.54. The van der Waals surface area contributed by atoms with Gasteiger partial charge in [-0.05, 0) is 43.3 Å². The van der Waals surface area contributed by atoms with E-state index in [1.54, 1.807) is 36.6 Å². The van der Waals surface area contributed by atoms with Crippen molar-refractivity contribution in [3.63, 3.8) is 0 Å². The largest absolute Gasteiger partial charge is 0.464 e. The minimum atomic E-state index is -0.938. The van der Waals surface area contributed by atoms with Crippen molar-refractivity contribution in [2.24, 2.45) is 0 Å². The molecule has 0 radical (unpaired) electrons. The number of amides is 3. The van der Waals surface area contributed by atoms with Crippen LogP contribution < -0.4 is 10.6 Å². The third kappa shape index (κ3) is 6.43. The van der Waals surface area contributed by atoms with E-state index in [4.69, 9.17) is 9.15 Å². The fourth-order valence-corrected chi connectivity index (χ4v) is 4.53. The summed E-state index contributed by atoms with van der Waals surface area (Å²) in [6, 6.07) is 6.11. The van der Waals surface area contributed by atoms with Crippen LogP contribution in [0.25, 0.3) is 0 Å². The quantitative estimate of drug-likeness (QED) is 0.566. The van der Waals surface area contributed by atoms with Gasteiger partial charge in [0.25, 0.3) is 11.8 Å². The number of rotatable bonds is 10. The molecule has 1 atom stereocenters. The number of furan rings is 1. The van der Waals surface area contributed by atoms with Crippen LogP contribution in [0.5, 0.6) is 0 Å². The Balaban J connectivity index is 1.78.